The summed E-state index contributed by atoms with van der Waals surface area (Å²) < 4.78 is 5.31. The van der Waals surface area contributed by atoms with Crippen molar-refractivity contribution in [2.75, 3.05) is 44.7 Å². The second-order valence-corrected chi connectivity index (χ2v) is 6.04. The number of piperazine rings is 1. The number of hydrogen-bond donors (Lipinski definition) is 1. The number of para-hydroxylation sites is 1. The van der Waals surface area contributed by atoms with E-state index in [1.165, 1.54) is 0 Å². The molecule has 1 aliphatic heterocycles. The first-order chi connectivity index (χ1) is 12.3. The molecular formula is C19H24N4O2. The molecule has 0 bridgehead atoms. The van der Waals surface area contributed by atoms with E-state index in [2.05, 4.69) is 20.1 Å². The van der Waals surface area contributed by atoms with Gasteiger partial charge in [-0.1, -0.05) is 24.3 Å². The molecule has 0 unspecified atom stereocenters. The maximum atomic E-state index is 12.2. The molecule has 2 aromatic rings. The largest absolute Gasteiger partial charge is 0.496 e. The summed E-state index contributed by atoms with van der Waals surface area (Å²) in [5.74, 6) is 1.84. The minimum Gasteiger partial charge on any atom is -0.496 e. The second kappa shape index (κ2) is 8.48. The average molecular weight is 340 g/mol. The molecule has 2 heterocycles. The molecule has 132 valence electrons. The maximum absolute atomic E-state index is 12.2. The monoisotopic (exact) mass is 340 g/mol. The van der Waals surface area contributed by atoms with Crippen molar-refractivity contribution in [1.29, 1.82) is 0 Å². The van der Waals surface area contributed by atoms with Gasteiger partial charge in [-0.3, -0.25) is 9.69 Å². The number of carbonyl (C=O) groups is 1. The van der Waals surface area contributed by atoms with Gasteiger partial charge < -0.3 is 15.0 Å². The summed E-state index contributed by atoms with van der Waals surface area (Å²) >= 11 is 0. The fourth-order valence-electron chi connectivity index (χ4n) is 2.98. The lowest BCUT2D eigenvalue weighted by atomic mass is 10.2. The highest BCUT2D eigenvalue weighted by Gasteiger charge is 2.19. The van der Waals surface area contributed by atoms with Crippen LogP contribution in [0.4, 0.5) is 5.82 Å². The van der Waals surface area contributed by atoms with E-state index < -0.39 is 0 Å². The van der Waals surface area contributed by atoms with Gasteiger partial charge in [-0.15, -0.1) is 0 Å². The van der Waals surface area contributed by atoms with E-state index in [1.54, 1.807) is 7.11 Å². The summed E-state index contributed by atoms with van der Waals surface area (Å²) in [4.78, 5) is 21.0. The fraction of sp³-hybridized carbons (Fsp3) is 0.368. The number of hydrogen-bond acceptors (Lipinski definition) is 5. The van der Waals surface area contributed by atoms with Gasteiger partial charge in [-0.05, 0) is 18.2 Å². The smallest absolute Gasteiger partial charge is 0.234 e. The summed E-state index contributed by atoms with van der Waals surface area (Å²) in [6.45, 7) is 4.40. The van der Waals surface area contributed by atoms with Gasteiger partial charge in [0.05, 0.1) is 13.7 Å². The lowest BCUT2D eigenvalue weighted by Gasteiger charge is -2.34. The first-order valence-corrected chi connectivity index (χ1v) is 8.53. The Morgan fingerprint density at radius 3 is 2.60 bits per heavy atom. The Balaban J connectivity index is 1.43. The number of nitrogens with zero attached hydrogens (tertiary/aromatic N) is 3. The normalized spacial score (nSPS) is 15.0. The maximum Gasteiger partial charge on any atom is 0.234 e. The Kier molecular flexibility index (Phi) is 5.85. The summed E-state index contributed by atoms with van der Waals surface area (Å²) in [6.07, 6.45) is 1.81. The molecule has 1 aromatic carbocycles. The van der Waals surface area contributed by atoms with Gasteiger partial charge in [0.2, 0.25) is 5.91 Å². The molecule has 3 rings (SSSR count). The molecule has 1 N–H and O–H groups in total. The number of benzene rings is 1. The molecule has 6 heteroatoms. The van der Waals surface area contributed by atoms with Crippen LogP contribution in [0.2, 0.25) is 0 Å². The van der Waals surface area contributed by atoms with Crippen molar-refractivity contribution in [3.8, 4) is 5.75 Å². The Hall–Kier alpha value is -2.60. The first kappa shape index (κ1) is 17.2. The second-order valence-electron chi connectivity index (χ2n) is 6.04. The van der Waals surface area contributed by atoms with Crippen LogP contribution < -0.4 is 15.0 Å². The van der Waals surface area contributed by atoms with E-state index in [0.717, 1.165) is 43.3 Å². The Morgan fingerprint density at radius 2 is 1.88 bits per heavy atom. The third kappa shape index (κ3) is 4.70. The van der Waals surface area contributed by atoms with Crippen LogP contribution in [0.15, 0.2) is 48.7 Å². The summed E-state index contributed by atoms with van der Waals surface area (Å²) in [7, 11) is 1.64. The highest BCUT2D eigenvalue weighted by Crippen LogP contribution is 2.16. The minimum absolute atomic E-state index is 0.0391. The third-order valence-corrected chi connectivity index (χ3v) is 4.38. The lowest BCUT2D eigenvalue weighted by Crippen LogP contribution is -2.49. The topological polar surface area (TPSA) is 57.7 Å². The molecule has 1 amide bonds. The molecule has 25 heavy (non-hydrogen) atoms. The number of carbonyl (C=O) groups excluding carboxylic acids is 1. The van der Waals surface area contributed by atoms with E-state index in [1.807, 2.05) is 48.7 Å². The first-order valence-electron chi connectivity index (χ1n) is 8.53. The minimum atomic E-state index is 0.0391. The number of methoxy groups -OCH3 is 1. The van der Waals surface area contributed by atoms with Crippen LogP contribution in [0.25, 0.3) is 0 Å². The van der Waals surface area contributed by atoms with Crippen molar-refractivity contribution in [2.24, 2.45) is 0 Å². The number of aromatic nitrogens is 1. The quantitative estimate of drug-likeness (QED) is 0.864. The van der Waals surface area contributed by atoms with Crippen molar-refractivity contribution in [2.45, 2.75) is 6.54 Å². The van der Waals surface area contributed by atoms with Crippen LogP contribution in [0.5, 0.6) is 5.75 Å². The molecule has 0 aliphatic carbocycles. The third-order valence-electron chi connectivity index (χ3n) is 4.38. The van der Waals surface area contributed by atoms with Crippen LogP contribution in [0.1, 0.15) is 5.56 Å². The fourth-order valence-corrected chi connectivity index (χ4v) is 2.98. The van der Waals surface area contributed by atoms with Gasteiger partial charge in [0, 0.05) is 44.5 Å². The van der Waals surface area contributed by atoms with Gasteiger partial charge in [0.25, 0.3) is 0 Å². The number of rotatable bonds is 6. The van der Waals surface area contributed by atoms with Crippen molar-refractivity contribution < 1.29 is 9.53 Å². The van der Waals surface area contributed by atoms with Crippen LogP contribution in [0, 0.1) is 0 Å². The van der Waals surface area contributed by atoms with Crippen molar-refractivity contribution in [1.82, 2.24) is 15.2 Å². The number of pyridine rings is 1. The van der Waals surface area contributed by atoms with Crippen LogP contribution in [-0.4, -0.2) is 55.6 Å². The van der Waals surface area contributed by atoms with E-state index in [4.69, 9.17) is 4.74 Å². The molecule has 6 nitrogen and oxygen atoms in total. The Morgan fingerprint density at radius 1 is 1.12 bits per heavy atom. The Bertz CT molecular complexity index is 685. The van der Waals surface area contributed by atoms with Crippen molar-refractivity contribution >= 4 is 11.7 Å². The molecule has 0 atom stereocenters. The molecule has 1 aromatic heterocycles. The standard InChI is InChI=1S/C19H24N4O2/c1-25-17-7-3-2-6-16(17)14-21-19(24)15-22-10-12-23(13-11-22)18-8-4-5-9-20-18/h2-9H,10-15H2,1H3,(H,21,24). The molecule has 1 aliphatic rings. The van der Waals surface area contributed by atoms with Crippen molar-refractivity contribution in [3.05, 3.63) is 54.2 Å². The van der Waals surface area contributed by atoms with E-state index >= 15 is 0 Å². The van der Waals surface area contributed by atoms with Gasteiger partial charge in [0.1, 0.15) is 11.6 Å². The predicted octanol–water partition coefficient (Wildman–Crippen LogP) is 1.53. The van der Waals surface area contributed by atoms with Crippen LogP contribution in [0.3, 0.4) is 0 Å². The molecule has 1 fully saturated rings. The van der Waals surface area contributed by atoms with Crippen molar-refractivity contribution in [3.63, 3.8) is 0 Å². The number of amides is 1. The zero-order chi connectivity index (χ0) is 17.5. The number of anilines is 1. The highest BCUT2D eigenvalue weighted by atomic mass is 16.5. The number of ether oxygens (including phenoxy) is 1. The van der Waals surface area contributed by atoms with Gasteiger partial charge in [0.15, 0.2) is 0 Å². The zero-order valence-electron chi connectivity index (χ0n) is 14.5. The highest BCUT2D eigenvalue weighted by molar-refractivity contribution is 5.78. The number of nitrogens with one attached hydrogen (secondary N) is 1. The average Bonchev–Trinajstić information content (AvgIpc) is 2.68. The van der Waals surface area contributed by atoms with E-state index in [-0.39, 0.29) is 5.91 Å². The van der Waals surface area contributed by atoms with Gasteiger partial charge >= 0.3 is 0 Å². The Labute approximate surface area is 148 Å². The van der Waals surface area contributed by atoms with Crippen LogP contribution >= 0.6 is 0 Å². The molecule has 0 radical (unpaired) electrons. The molecular weight excluding hydrogens is 316 g/mol. The molecule has 1 saturated heterocycles. The summed E-state index contributed by atoms with van der Waals surface area (Å²) in [5, 5.41) is 2.98. The molecule has 0 spiro atoms. The van der Waals surface area contributed by atoms with E-state index in [0.29, 0.717) is 13.1 Å². The predicted molar refractivity (Wildman–Crippen MR) is 97.7 cm³/mol. The van der Waals surface area contributed by atoms with Gasteiger partial charge in [-0.2, -0.15) is 0 Å². The molecule has 0 saturated carbocycles. The summed E-state index contributed by atoms with van der Waals surface area (Å²) in [6, 6.07) is 13.7. The zero-order valence-corrected chi connectivity index (χ0v) is 14.5. The van der Waals surface area contributed by atoms with E-state index in [9.17, 15) is 4.79 Å². The summed E-state index contributed by atoms with van der Waals surface area (Å²) in [5.41, 5.74) is 0.985. The van der Waals surface area contributed by atoms with Crippen LogP contribution in [-0.2, 0) is 11.3 Å². The van der Waals surface area contributed by atoms with Gasteiger partial charge in [-0.25, -0.2) is 4.98 Å². The lowest BCUT2D eigenvalue weighted by molar-refractivity contribution is -0.122. The SMILES string of the molecule is COc1ccccc1CNC(=O)CN1CCN(c2ccccn2)CC1.